The summed E-state index contributed by atoms with van der Waals surface area (Å²) in [5, 5.41) is 18.5. The summed E-state index contributed by atoms with van der Waals surface area (Å²) in [5.41, 5.74) is 1.43. The molecular formula is C31H42N4O7. The molecule has 0 spiro atoms. The van der Waals surface area contributed by atoms with Crippen LogP contribution < -0.4 is 20.1 Å². The predicted octanol–water partition coefficient (Wildman–Crippen LogP) is 6.30. The van der Waals surface area contributed by atoms with E-state index in [0.29, 0.717) is 63.0 Å². The summed E-state index contributed by atoms with van der Waals surface area (Å²) in [6.45, 7) is 8.34. The van der Waals surface area contributed by atoms with Crippen molar-refractivity contribution in [1.29, 1.82) is 0 Å². The van der Waals surface area contributed by atoms with E-state index in [0.717, 1.165) is 11.3 Å². The topological polar surface area (TPSA) is 132 Å². The number of para-hydroxylation sites is 1. The molecule has 2 aromatic carbocycles. The highest BCUT2D eigenvalue weighted by atomic mass is 16.6. The Morgan fingerprint density at radius 2 is 1.69 bits per heavy atom. The van der Waals surface area contributed by atoms with E-state index in [1.165, 1.54) is 0 Å². The Balaban J connectivity index is 1.32. The molecule has 42 heavy (non-hydrogen) atoms. The van der Waals surface area contributed by atoms with Crippen molar-refractivity contribution in [3.63, 3.8) is 0 Å². The molecule has 4 rings (SSSR count). The highest BCUT2D eigenvalue weighted by Gasteiger charge is 2.32. The number of aryl methyl sites for hydroxylation is 1. The Kier molecular flexibility index (Phi) is 9.80. The molecule has 11 nitrogen and oxygen atoms in total. The summed E-state index contributed by atoms with van der Waals surface area (Å²) >= 11 is 0. The number of nitro benzene ring substituents is 1. The lowest BCUT2D eigenvalue weighted by molar-refractivity contribution is -0.385. The minimum atomic E-state index is -0.569. The molecule has 0 aromatic heterocycles. The normalized spacial score (nSPS) is 19.5. The van der Waals surface area contributed by atoms with Gasteiger partial charge in [0.1, 0.15) is 23.1 Å². The van der Waals surface area contributed by atoms with Crippen molar-refractivity contribution < 1.29 is 28.7 Å². The smallest absolute Gasteiger partial charge is 0.410 e. The molecule has 228 valence electrons. The minimum absolute atomic E-state index is 0.000429. The first-order chi connectivity index (χ1) is 19.9. The Morgan fingerprint density at radius 1 is 1.00 bits per heavy atom. The number of methoxy groups -OCH3 is 1. The van der Waals surface area contributed by atoms with E-state index in [2.05, 4.69) is 10.6 Å². The maximum absolute atomic E-state index is 12.9. The molecule has 0 atom stereocenters. The van der Waals surface area contributed by atoms with Gasteiger partial charge in [0.2, 0.25) is 5.91 Å². The van der Waals surface area contributed by atoms with Crippen LogP contribution in [0.1, 0.15) is 64.9 Å². The van der Waals surface area contributed by atoms with E-state index >= 15 is 0 Å². The number of nitrogens with zero attached hydrogens (tertiary/aromatic N) is 2. The first kappa shape index (κ1) is 30.9. The molecule has 11 heteroatoms. The van der Waals surface area contributed by atoms with Gasteiger partial charge in [-0.15, -0.1) is 0 Å². The fraction of sp³-hybridized carbons (Fsp3) is 0.548. The van der Waals surface area contributed by atoms with Gasteiger partial charge in [-0.05, 0) is 77.1 Å². The number of nitrogens with one attached hydrogen (secondary N) is 2. The van der Waals surface area contributed by atoms with Gasteiger partial charge in [-0.2, -0.15) is 0 Å². The number of ether oxygens (including phenoxy) is 3. The molecule has 2 amide bonds. The van der Waals surface area contributed by atoms with Crippen LogP contribution in [0.2, 0.25) is 0 Å². The third kappa shape index (κ3) is 8.04. The number of piperidine rings is 1. The Morgan fingerprint density at radius 3 is 2.31 bits per heavy atom. The van der Waals surface area contributed by atoms with Crippen LogP contribution >= 0.6 is 0 Å². The summed E-state index contributed by atoms with van der Waals surface area (Å²) in [6.07, 6.45) is 3.26. The summed E-state index contributed by atoms with van der Waals surface area (Å²) in [4.78, 5) is 38.6. The van der Waals surface area contributed by atoms with E-state index < -0.39 is 10.5 Å². The molecule has 2 fully saturated rings. The van der Waals surface area contributed by atoms with Crippen molar-refractivity contribution in [3.8, 4) is 11.5 Å². The zero-order valence-electron chi connectivity index (χ0n) is 25.1. The fourth-order valence-corrected chi connectivity index (χ4v) is 5.45. The molecule has 0 bridgehead atoms. The average molecular weight is 583 g/mol. The van der Waals surface area contributed by atoms with Gasteiger partial charge >= 0.3 is 11.8 Å². The van der Waals surface area contributed by atoms with Gasteiger partial charge < -0.3 is 29.7 Å². The van der Waals surface area contributed by atoms with Crippen molar-refractivity contribution in [2.24, 2.45) is 5.92 Å². The number of likely N-dealkylation sites (tertiary alicyclic amines) is 1. The van der Waals surface area contributed by atoms with Crippen LogP contribution in [0, 0.1) is 23.0 Å². The van der Waals surface area contributed by atoms with Crippen LogP contribution in [-0.4, -0.2) is 59.8 Å². The molecule has 0 radical (unpaired) electrons. The number of benzene rings is 2. The third-order valence-electron chi connectivity index (χ3n) is 7.70. The van der Waals surface area contributed by atoms with E-state index in [-0.39, 0.29) is 41.5 Å². The maximum atomic E-state index is 12.9. The standard InChI is InChI=1S/C31H42N4O7/c1-20-9-12-23(19-27(20)40-5)33-29(36)21-10-13-22(14-11-21)32-25-7-6-8-26(28(25)35(38)39)41-24-15-17-34(18-16-24)30(37)42-31(2,3)4/h6-9,12,19,21-22,24,32H,10-11,13-18H2,1-5H3,(H,33,36)/t21-,22+. The predicted molar refractivity (Wildman–Crippen MR) is 160 cm³/mol. The highest BCUT2D eigenvalue weighted by molar-refractivity contribution is 5.92. The Bertz CT molecular complexity index is 1280. The Hall–Kier alpha value is -4.02. The van der Waals surface area contributed by atoms with Gasteiger partial charge in [-0.25, -0.2) is 4.79 Å². The first-order valence-corrected chi connectivity index (χ1v) is 14.6. The number of hydrogen-bond donors (Lipinski definition) is 2. The van der Waals surface area contributed by atoms with Gasteiger partial charge in [0.25, 0.3) is 0 Å². The van der Waals surface area contributed by atoms with Gasteiger partial charge in [0.05, 0.1) is 12.0 Å². The summed E-state index contributed by atoms with van der Waals surface area (Å²) in [7, 11) is 1.60. The Labute approximate surface area is 247 Å². The molecule has 1 aliphatic heterocycles. The van der Waals surface area contributed by atoms with Crippen LogP contribution in [-0.2, 0) is 9.53 Å². The lowest BCUT2D eigenvalue weighted by atomic mass is 9.85. The summed E-state index contributed by atoms with van der Waals surface area (Å²) in [6, 6.07) is 10.6. The van der Waals surface area contributed by atoms with E-state index in [1.807, 2.05) is 45.9 Å². The second-order valence-corrected chi connectivity index (χ2v) is 12.1. The summed E-state index contributed by atoms with van der Waals surface area (Å²) < 4.78 is 16.9. The van der Waals surface area contributed by atoms with Crippen molar-refractivity contribution in [3.05, 3.63) is 52.1 Å². The molecule has 1 heterocycles. The van der Waals surface area contributed by atoms with Gasteiger partial charge in [-0.1, -0.05) is 12.1 Å². The van der Waals surface area contributed by atoms with Crippen LogP contribution in [0.5, 0.6) is 11.5 Å². The monoisotopic (exact) mass is 582 g/mol. The fourth-order valence-electron chi connectivity index (χ4n) is 5.45. The van der Waals surface area contributed by atoms with Crippen LogP contribution in [0.25, 0.3) is 0 Å². The van der Waals surface area contributed by atoms with E-state index in [1.54, 1.807) is 30.2 Å². The number of carbonyl (C=O) groups excluding carboxylic acids is 2. The highest BCUT2D eigenvalue weighted by Crippen LogP contribution is 2.38. The molecular weight excluding hydrogens is 540 g/mol. The molecule has 1 saturated carbocycles. The van der Waals surface area contributed by atoms with Gasteiger partial charge in [0.15, 0.2) is 5.75 Å². The lowest BCUT2D eigenvalue weighted by Gasteiger charge is -2.33. The summed E-state index contributed by atoms with van der Waals surface area (Å²) in [5.74, 6) is 0.770. The SMILES string of the molecule is COc1cc(NC(=O)[C@H]2CC[C@@H](Nc3cccc(OC4CCN(C(=O)OC(C)(C)C)CC4)c3[N+](=O)[O-])CC2)ccc1C. The van der Waals surface area contributed by atoms with Gasteiger partial charge in [-0.3, -0.25) is 14.9 Å². The zero-order valence-corrected chi connectivity index (χ0v) is 25.1. The molecule has 2 aliphatic rings. The number of amides is 2. The molecule has 2 N–H and O–H groups in total. The second-order valence-electron chi connectivity index (χ2n) is 12.1. The first-order valence-electron chi connectivity index (χ1n) is 14.6. The van der Waals surface area contributed by atoms with Crippen molar-refractivity contribution in [2.75, 3.05) is 30.8 Å². The van der Waals surface area contributed by atoms with Crippen molar-refractivity contribution in [1.82, 2.24) is 4.90 Å². The molecule has 0 unspecified atom stereocenters. The maximum Gasteiger partial charge on any atom is 0.410 e. The largest absolute Gasteiger partial charge is 0.496 e. The van der Waals surface area contributed by atoms with Crippen molar-refractivity contribution in [2.45, 2.75) is 84.0 Å². The number of rotatable bonds is 8. The number of nitro groups is 1. The lowest BCUT2D eigenvalue weighted by Crippen LogP contribution is -2.44. The number of carbonyl (C=O) groups is 2. The molecule has 2 aromatic rings. The zero-order chi connectivity index (χ0) is 30.4. The molecule has 1 saturated heterocycles. The second kappa shape index (κ2) is 13.3. The van der Waals surface area contributed by atoms with Crippen LogP contribution in [0.15, 0.2) is 36.4 Å². The van der Waals surface area contributed by atoms with Crippen LogP contribution in [0.4, 0.5) is 21.9 Å². The third-order valence-corrected chi connectivity index (χ3v) is 7.70. The van der Waals surface area contributed by atoms with Crippen LogP contribution in [0.3, 0.4) is 0 Å². The van der Waals surface area contributed by atoms with Gasteiger partial charge in [0, 0.05) is 49.6 Å². The number of anilines is 2. The average Bonchev–Trinajstić information content (AvgIpc) is 2.94. The minimum Gasteiger partial charge on any atom is -0.496 e. The van der Waals surface area contributed by atoms with E-state index in [9.17, 15) is 19.7 Å². The molecule has 1 aliphatic carbocycles. The number of hydrogen-bond acceptors (Lipinski definition) is 8. The van der Waals surface area contributed by atoms with Crippen molar-refractivity contribution >= 4 is 29.1 Å². The quantitative estimate of drug-likeness (QED) is 0.274. The van der Waals surface area contributed by atoms with E-state index in [4.69, 9.17) is 14.2 Å².